The van der Waals surface area contributed by atoms with Gasteiger partial charge in [0.1, 0.15) is 10.0 Å². The maximum atomic E-state index is 13.1. The monoisotopic (exact) mass is 562 g/mol. The zero-order chi connectivity index (χ0) is 26.8. The third-order valence-corrected chi connectivity index (χ3v) is 9.37. The van der Waals surface area contributed by atoms with Crippen molar-refractivity contribution < 1.29 is 30.9 Å². The SMILES string of the molecule is O=C(Nc1ncc(S(=O)(=O)c2ccc([N+](=O)[O-])cc2)s1)c1cccc(NS(=O)(=O)c2ccc(F)cc2)c1. The van der Waals surface area contributed by atoms with E-state index in [-0.39, 0.29) is 36.1 Å². The predicted molar refractivity (Wildman–Crippen MR) is 132 cm³/mol. The van der Waals surface area contributed by atoms with E-state index in [1.54, 1.807) is 0 Å². The summed E-state index contributed by atoms with van der Waals surface area (Å²) < 4.78 is 65.8. The molecule has 0 fully saturated rings. The molecule has 15 heteroatoms. The Labute approximate surface area is 213 Å². The number of nitro groups is 1. The molecular formula is C22H15FN4O7S3. The van der Waals surface area contributed by atoms with Crippen molar-refractivity contribution in [2.24, 2.45) is 0 Å². The van der Waals surface area contributed by atoms with Gasteiger partial charge in [0.25, 0.3) is 21.6 Å². The van der Waals surface area contributed by atoms with Gasteiger partial charge in [0.2, 0.25) is 9.84 Å². The van der Waals surface area contributed by atoms with Crippen LogP contribution in [0.15, 0.2) is 93.0 Å². The largest absolute Gasteiger partial charge is 0.298 e. The van der Waals surface area contributed by atoms with Crippen molar-refractivity contribution >= 4 is 53.6 Å². The second-order valence-corrected chi connectivity index (χ2v) is 12.2. The van der Waals surface area contributed by atoms with Crippen LogP contribution in [0.2, 0.25) is 0 Å². The maximum absolute atomic E-state index is 13.1. The number of non-ortho nitro benzene ring substituents is 1. The summed E-state index contributed by atoms with van der Waals surface area (Å²) in [6.45, 7) is 0. The third kappa shape index (κ3) is 5.79. The second kappa shape index (κ2) is 10.0. The predicted octanol–water partition coefficient (Wildman–Crippen LogP) is 4.08. The summed E-state index contributed by atoms with van der Waals surface area (Å²) in [4.78, 5) is 26.4. The highest BCUT2D eigenvalue weighted by Crippen LogP contribution is 2.30. The molecule has 0 aliphatic carbocycles. The highest BCUT2D eigenvalue weighted by Gasteiger charge is 2.23. The van der Waals surface area contributed by atoms with E-state index < -0.39 is 36.5 Å². The Bertz CT molecular complexity index is 1700. The second-order valence-electron chi connectivity index (χ2n) is 7.33. The number of nitrogens with one attached hydrogen (secondary N) is 2. The van der Waals surface area contributed by atoms with E-state index in [0.717, 1.165) is 54.7 Å². The van der Waals surface area contributed by atoms with Gasteiger partial charge in [-0.3, -0.25) is 24.9 Å². The summed E-state index contributed by atoms with van der Waals surface area (Å²) in [6, 6.07) is 14.0. The van der Waals surface area contributed by atoms with Crippen LogP contribution in [0.1, 0.15) is 10.4 Å². The first-order chi connectivity index (χ1) is 17.5. The van der Waals surface area contributed by atoms with E-state index in [1.165, 1.54) is 24.3 Å². The van der Waals surface area contributed by atoms with Gasteiger partial charge < -0.3 is 0 Å². The molecule has 0 atom stereocenters. The molecule has 0 saturated heterocycles. The number of carbonyl (C=O) groups is 1. The number of amides is 1. The number of rotatable bonds is 8. The number of hydrogen-bond donors (Lipinski definition) is 2. The number of aromatic nitrogens is 1. The van der Waals surface area contributed by atoms with E-state index in [2.05, 4.69) is 15.0 Å². The van der Waals surface area contributed by atoms with Gasteiger partial charge in [-0.2, -0.15) is 0 Å². The van der Waals surface area contributed by atoms with Crippen LogP contribution < -0.4 is 10.0 Å². The lowest BCUT2D eigenvalue weighted by molar-refractivity contribution is -0.384. The molecule has 3 aromatic carbocycles. The van der Waals surface area contributed by atoms with E-state index in [4.69, 9.17) is 0 Å². The Hall–Kier alpha value is -4.21. The van der Waals surface area contributed by atoms with Crippen molar-refractivity contribution in [3.05, 3.63) is 100 Å². The van der Waals surface area contributed by atoms with Crippen molar-refractivity contribution in [3.63, 3.8) is 0 Å². The number of anilines is 2. The van der Waals surface area contributed by atoms with Crippen LogP contribution in [0.3, 0.4) is 0 Å². The van der Waals surface area contributed by atoms with Gasteiger partial charge in [-0.1, -0.05) is 17.4 Å². The molecule has 190 valence electrons. The van der Waals surface area contributed by atoms with Crippen LogP contribution in [0, 0.1) is 15.9 Å². The molecule has 1 aromatic heterocycles. The normalized spacial score (nSPS) is 11.6. The summed E-state index contributed by atoms with van der Waals surface area (Å²) in [7, 11) is -8.08. The molecule has 0 unspecified atom stereocenters. The summed E-state index contributed by atoms with van der Waals surface area (Å²) >= 11 is 0.674. The number of nitro benzene ring substituents is 1. The Kier molecular flexibility index (Phi) is 7.02. The smallest absolute Gasteiger partial charge is 0.269 e. The summed E-state index contributed by atoms with van der Waals surface area (Å²) in [6.07, 6.45) is 1.05. The molecule has 2 N–H and O–H groups in total. The lowest BCUT2D eigenvalue weighted by atomic mass is 10.2. The number of halogens is 1. The average molecular weight is 563 g/mol. The van der Waals surface area contributed by atoms with E-state index >= 15 is 0 Å². The Morgan fingerprint density at radius 2 is 1.59 bits per heavy atom. The molecule has 0 bridgehead atoms. The van der Waals surface area contributed by atoms with Gasteiger partial charge in [-0.05, 0) is 54.6 Å². The molecule has 0 spiro atoms. The zero-order valence-corrected chi connectivity index (χ0v) is 20.8. The van der Waals surface area contributed by atoms with Crippen LogP contribution in [0.4, 0.5) is 20.9 Å². The van der Waals surface area contributed by atoms with Crippen LogP contribution >= 0.6 is 11.3 Å². The molecule has 4 aromatic rings. The topological polar surface area (TPSA) is 165 Å². The van der Waals surface area contributed by atoms with Crippen LogP contribution in [0.5, 0.6) is 0 Å². The van der Waals surface area contributed by atoms with E-state index in [0.29, 0.717) is 11.3 Å². The van der Waals surface area contributed by atoms with E-state index in [1.807, 2.05) is 0 Å². The molecule has 1 heterocycles. The summed E-state index contributed by atoms with van der Waals surface area (Å²) in [5.74, 6) is -1.28. The maximum Gasteiger partial charge on any atom is 0.269 e. The minimum atomic E-state index is -4.04. The van der Waals surface area contributed by atoms with Crippen molar-refractivity contribution in [2.45, 2.75) is 14.0 Å². The lowest BCUT2D eigenvalue weighted by Crippen LogP contribution is -2.15. The Morgan fingerprint density at radius 3 is 2.24 bits per heavy atom. The van der Waals surface area contributed by atoms with Crippen molar-refractivity contribution in [1.29, 1.82) is 0 Å². The van der Waals surface area contributed by atoms with Gasteiger partial charge in [-0.15, -0.1) is 0 Å². The first-order valence-electron chi connectivity index (χ1n) is 10.1. The highest BCUT2D eigenvalue weighted by molar-refractivity contribution is 7.93. The molecule has 0 saturated carbocycles. The third-order valence-electron chi connectivity index (χ3n) is 4.83. The first kappa shape index (κ1) is 25.9. The van der Waals surface area contributed by atoms with Crippen LogP contribution in [-0.4, -0.2) is 32.7 Å². The number of hydrogen-bond acceptors (Lipinski definition) is 9. The number of benzene rings is 3. The zero-order valence-electron chi connectivity index (χ0n) is 18.4. The number of thiazole rings is 1. The molecule has 4 rings (SSSR count). The standard InChI is InChI=1S/C22H15FN4O7S3/c23-15-4-8-19(9-5-15)37(33,34)26-16-3-1-2-14(12-16)21(28)25-22-24-13-20(35-22)36(31,32)18-10-6-17(7-11-18)27(29)30/h1-13,26H,(H,24,25,28). The average Bonchev–Trinajstić information content (AvgIpc) is 3.33. The lowest BCUT2D eigenvalue weighted by Gasteiger charge is -2.09. The van der Waals surface area contributed by atoms with E-state index in [9.17, 15) is 36.1 Å². The van der Waals surface area contributed by atoms with Crippen molar-refractivity contribution in [1.82, 2.24) is 4.98 Å². The number of sulfonamides is 1. The summed E-state index contributed by atoms with van der Waals surface area (Å²) in [5, 5.41) is 13.2. The number of nitrogens with zero attached hydrogens (tertiary/aromatic N) is 2. The van der Waals surface area contributed by atoms with Crippen molar-refractivity contribution in [2.75, 3.05) is 10.0 Å². The highest BCUT2D eigenvalue weighted by atomic mass is 32.2. The fraction of sp³-hybridized carbons (Fsp3) is 0. The Morgan fingerprint density at radius 1 is 0.946 bits per heavy atom. The molecule has 1 amide bonds. The molecule has 0 aliphatic heterocycles. The van der Waals surface area contributed by atoms with Crippen LogP contribution in [-0.2, 0) is 19.9 Å². The van der Waals surface area contributed by atoms with Gasteiger partial charge in [0.15, 0.2) is 5.13 Å². The van der Waals surface area contributed by atoms with Crippen LogP contribution in [0.25, 0.3) is 0 Å². The van der Waals surface area contributed by atoms with Gasteiger partial charge in [-0.25, -0.2) is 26.2 Å². The quantitative estimate of drug-likeness (QED) is 0.239. The number of sulfone groups is 1. The minimum Gasteiger partial charge on any atom is -0.298 e. The van der Waals surface area contributed by atoms with Crippen molar-refractivity contribution in [3.8, 4) is 0 Å². The molecule has 37 heavy (non-hydrogen) atoms. The molecule has 0 radical (unpaired) electrons. The van der Waals surface area contributed by atoms with Gasteiger partial charge in [0.05, 0.1) is 20.9 Å². The fourth-order valence-electron chi connectivity index (χ4n) is 3.03. The molecule has 11 nitrogen and oxygen atoms in total. The fourth-order valence-corrected chi connectivity index (χ4v) is 6.50. The molecular weight excluding hydrogens is 547 g/mol. The Balaban J connectivity index is 1.49. The number of carbonyl (C=O) groups excluding carboxylic acids is 1. The van der Waals surface area contributed by atoms with Gasteiger partial charge >= 0.3 is 0 Å². The minimum absolute atomic E-state index is 0.0391. The summed E-state index contributed by atoms with van der Waals surface area (Å²) in [5.41, 5.74) is -0.148. The molecule has 0 aliphatic rings. The van der Waals surface area contributed by atoms with Gasteiger partial charge in [0, 0.05) is 23.4 Å². The first-order valence-corrected chi connectivity index (χ1v) is 13.9.